The molecule has 0 aliphatic carbocycles. The second-order valence-electron chi connectivity index (χ2n) is 6.12. The van der Waals surface area contributed by atoms with E-state index < -0.39 is 6.10 Å². The van der Waals surface area contributed by atoms with Gasteiger partial charge in [-0.2, -0.15) is 0 Å². The van der Waals surface area contributed by atoms with Gasteiger partial charge in [0, 0.05) is 6.61 Å². The molecule has 0 saturated heterocycles. The van der Waals surface area contributed by atoms with Gasteiger partial charge in [0.05, 0.1) is 13.2 Å². The van der Waals surface area contributed by atoms with Gasteiger partial charge < -0.3 is 14.9 Å². The molecule has 0 spiro atoms. The van der Waals surface area contributed by atoms with Crippen LogP contribution in [0.4, 0.5) is 0 Å². The Morgan fingerprint density at radius 2 is 1.38 bits per heavy atom. The zero-order valence-corrected chi connectivity index (χ0v) is 15.5. The quantitative estimate of drug-likeness (QED) is 0.291. The lowest BCUT2D eigenvalue weighted by Gasteiger charge is -2.07. The second-order valence-corrected chi connectivity index (χ2v) is 6.12. The number of allylic oxidation sites excluding steroid dienone is 6. The van der Waals surface area contributed by atoms with Crippen molar-refractivity contribution in [2.24, 2.45) is 0 Å². The molecule has 0 bridgehead atoms. The van der Waals surface area contributed by atoms with E-state index >= 15 is 0 Å². The molecule has 24 heavy (non-hydrogen) atoms. The van der Waals surface area contributed by atoms with Crippen LogP contribution in [0.5, 0.6) is 0 Å². The van der Waals surface area contributed by atoms with Gasteiger partial charge in [0.15, 0.2) is 0 Å². The van der Waals surface area contributed by atoms with Crippen LogP contribution in [-0.4, -0.2) is 36.1 Å². The predicted octanol–water partition coefficient (Wildman–Crippen LogP) is 4.95. The fraction of sp³-hybridized carbons (Fsp3) is 0.714. The van der Waals surface area contributed by atoms with Gasteiger partial charge in [0.2, 0.25) is 0 Å². The highest BCUT2D eigenvalue weighted by Crippen LogP contribution is 2.08. The molecule has 0 saturated carbocycles. The normalized spacial score (nSPS) is 13.6. The van der Waals surface area contributed by atoms with Crippen LogP contribution in [0.3, 0.4) is 0 Å². The number of hydrogen-bond donors (Lipinski definition) is 2. The largest absolute Gasteiger partial charge is 0.394 e. The summed E-state index contributed by atoms with van der Waals surface area (Å²) in [5.74, 6) is 0. The van der Waals surface area contributed by atoms with Gasteiger partial charge in [-0.15, -0.1) is 0 Å². The molecule has 0 aromatic heterocycles. The molecule has 3 heteroatoms. The molecule has 0 fully saturated rings. The molecule has 1 atom stereocenters. The van der Waals surface area contributed by atoms with Crippen molar-refractivity contribution in [1.29, 1.82) is 0 Å². The minimum absolute atomic E-state index is 0.221. The van der Waals surface area contributed by atoms with Crippen LogP contribution in [-0.2, 0) is 4.74 Å². The molecule has 3 nitrogen and oxygen atoms in total. The van der Waals surface area contributed by atoms with Gasteiger partial charge in [0.25, 0.3) is 0 Å². The SMILES string of the molecule is CC/C=C\C/C=C\C/C=C\CCCCCCCCOCC(O)CO. The summed E-state index contributed by atoms with van der Waals surface area (Å²) in [5.41, 5.74) is 0. The summed E-state index contributed by atoms with van der Waals surface area (Å²) in [4.78, 5) is 0. The lowest BCUT2D eigenvalue weighted by molar-refractivity contribution is 0.00526. The molecule has 0 rings (SSSR count). The molecular weight excluding hydrogens is 300 g/mol. The number of unbranched alkanes of at least 4 members (excludes halogenated alkanes) is 6. The van der Waals surface area contributed by atoms with Crippen LogP contribution >= 0.6 is 0 Å². The minimum atomic E-state index is -0.730. The van der Waals surface area contributed by atoms with Crippen molar-refractivity contribution in [2.75, 3.05) is 19.8 Å². The summed E-state index contributed by atoms with van der Waals surface area (Å²) in [7, 11) is 0. The van der Waals surface area contributed by atoms with E-state index in [1.807, 2.05) is 0 Å². The lowest BCUT2D eigenvalue weighted by Crippen LogP contribution is -2.19. The van der Waals surface area contributed by atoms with Crippen LogP contribution in [0, 0.1) is 0 Å². The standard InChI is InChI=1S/C21H38O3/c1-2-3-4-5-6-7-8-9-10-11-12-13-14-15-16-17-18-24-20-21(23)19-22/h3-4,6-7,9-10,21-23H,2,5,8,11-20H2,1H3/b4-3-,7-6-,10-9-. The van der Waals surface area contributed by atoms with Gasteiger partial charge in [-0.25, -0.2) is 0 Å². The Labute approximate surface area is 149 Å². The van der Waals surface area contributed by atoms with Crippen molar-refractivity contribution in [3.8, 4) is 0 Å². The van der Waals surface area contributed by atoms with Crippen molar-refractivity contribution in [3.05, 3.63) is 36.5 Å². The lowest BCUT2D eigenvalue weighted by atomic mass is 10.1. The number of aliphatic hydroxyl groups excluding tert-OH is 2. The summed E-state index contributed by atoms with van der Waals surface area (Å²) in [6, 6.07) is 0. The summed E-state index contributed by atoms with van der Waals surface area (Å²) in [5, 5.41) is 17.7. The highest BCUT2D eigenvalue weighted by atomic mass is 16.5. The number of hydrogen-bond acceptors (Lipinski definition) is 3. The van der Waals surface area contributed by atoms with Crippen molar-refractivity contribution >= 4 is 0 Å². The summed E-state index contributed by atoms with van der Waals surface area (Å²) >= 11 is 0. The molecule has 0 aromatic carbocycles. The van der Waals surface area contributed by atoms with E-state index in [0.717, 1.165) is 25.7 Å². The highest BCUT2D eigenvalue weighted by molar-refractivity contribution is 4.96. The summed E-state index contributed by atoms with van der Waals surface area (Å²) < 4.78 is 5.28. The van der Waals surface area contributed by atoms with Crippen molar-refractivity contribution in [3.63, 3.8) is 0 Å². The summed E-state index contributed by atoms with van der Waals surface area (Å²) in [6.07, 6.45) is 24.5. The fourth-order valence-corrected chi connectivity index (χ4v) is 2.27. The maximum absolute atomic E-state index is 9.11. The van der Waals surface area contributed by atoms with Crippen molar-refractivity contribution in [1.82, 2.24) is 0 Å². The van der Waals surface area contributed by atoms with Crippen LogP contribution in [0.1, 0.15) is 71.1 Å². The molecule has 0 radical (unpaired) electrons. The first-order valence-corrected chi connectivity index (χ1v) is 9.62. The third-order valence-corrected chi connectivity index (χ3v) is 3.71. The van der Waals surface area contributed by atoms with Crippen LogP contribution < -0.4 is 0 Å². The number of ether oxygens (including phenoxy) is 1. The maximum atomic E-state index is 9.11. The average molecular weight is 339 g/mol. The molecule has 0 aromatic rings. The minimum Gasteiger partial charge on any atom is -0.394 e. The molecule has 1 unspecified atom stereocenters. The Balaban J connectivity index is 3.19. The molecule has 140 valence electrons. The molecule has 0 aliphatic heterocycles. The van der Waals surface area contributed by atoms with Crippen molar-refractivity contribution in [2.45, 2.75) is 77.2 Å². The molecular formula is C21H38O3. The monoisotopic (exact) mass is 338 g/mol. The maximum Gasteiger partial charge on any atom is 0.100 e. The van der Waals surface area contributed by atoms with Gasteiger partial charge in [0.1, 0.15) is 6.10 Å². The smallest absolute Gasteiger partial charge is 0.100 e. The second kappa shape index (κ2) is 20.1. The number of rotatable bonds is 17. The van der Waals surface area contributed by atoms with E-state index in [1.165, 1.54) is 38.5 Å². The number of aliphatic hydroxyl groups is 2. The molecule has 0 aliphatic rings. The van der Waals surface area contributed by atoms with E-state index in [0.29, 0.717) is 6.61 Å². The van der Waals surface area contributed by atoms with E-state index in [4.69, 9.17) is 14.9 Å². The Morgan fingerprint density at radius 1 is 0.792 bits per heavy atom. The molecule has 0 heterocycles. The topological polar surface area (TPSA) is 49.7 Å². The van der Waals surface area contributed by atoms with E-state index in [2.05, 4.69) is 43.4 Å². The van der Waals surface area contributed by atoms with Gasteiger partial charge >= 0.3 is 0 Å². The van der Waals surface area contributed by atoms with Crippen molar-refractivity contribution < 1.29 is 14.9 Å². The zero-order chi connectivity index (χ0) is 17.7. The molecule has 2 N–H and O–H groups in total. The third-order valence-electron chi connectivity index (χ3n) is 3.71. The first kappa shape index (κ1) is 23.1. The Bertz CT molecular complexity index is 321. The summed E-state index contributed by atoms with van der Waals surface area (Å²) in [6.45, 7) is 2.86. The fourth-order valence-electron chi connectivity index (χ4n) is 2.27. The Kier molecular flexibility index (Phi) is 19.4. The van der Waals surface area contributed by atoms with Crippen LogP contribution in [0.25, 0.3) is 0 Å². The third kappa shape index (κ3) is 19.1. The first-order valence-electron chi connectivity index (χ1n) is 9.62. The van der Waals surface area contributed by atoms with E-state index in [9.17, 15) is 0 Å². The van der Waals surface area contributed by atoms with E-state index in [1.54, 1.807) is 0 Å². The van der Waals surface area contributed by atoms with Crippen LogP contribution in [0.15, 0.2) is 36.5 Å². The zero-order valence-electron chi connectivity index (χ0n) is 15.5. The van der Waals surface area contributed by atoms with Gasteiger partial charge in [-0.3, -0.25) is 0 Å². The average Bonchev–Trinajstić information content (AvgIpc) is 2.60. The Hall–Kier alpha value is -0.900. The van der Waals surface area contributed by atoms with Crippen LogP contribution in [0.2, 0.25) is 0 Å². The highest BCUT2D eigenvalue weighted by Gasteiger charge is 2.00. The van der Waals surface area contributed by atoms with E-state index in [-0.39, 0.29) is 13.2 Å². The van der Waals surface area contributed by atoms with Gasteiger partial charge in [-0.05, 0) is 38.5 Å². The Morgan fingerprint density at radius 3 is 2.04 bits per heavy atom. The van der Waals surface area contributed by atoms with Gasteiger partial charge in [-0.1, -0.05) is 69.1 Å². The first-order chi connectivity index (χ1) is 11.8. The molecule has 0 amide bonds. The predicted molar refractivity (Wildman–Crippen MR) is 103 cm³/mol.